The molecule has 1 aliphatic rings. The molecule has 1 aromatic carbocycles. The molecular formula is C21H21N5O3. The summed E-state index contributed by atoms with van der Waals surface area (Å²) in [5.41, 5.74) is 4.70. The van der Waals surface area contributed by atoms with Gasteiger partial charge in [0.05, 0.1) is 5.52 Å². The Labute approximate surface area is 166 Å². The number of benzene rings is 1. The van der Waals surface area contributed by atoms with Crippen LogP contribution in [0, 0.1) is 5.41 Å². The van der Waals surface area contributed by atoms with Crippen LogP contribution >= 0.6 is 0 Å². The van der Waals surface area contributed by atoms with Gasteiger partial charge in [-0.25, -0.2) is 4.79 Å². The van der Waals surface area contributed by atoms with Gasteiger partial charge in [0.25, 0.3) is 5.89 Å². The molecule has 3 aromatic heterocycles. The third-order valence-corrected chi connectivity index (χ3v) is 5.78. The van der Waals surface area contributed by atoms with Gasteiger partial charge >= 0.3 is 6.09 Å². The van der Waals surface area contributed by atoms with Crippen LogP contribution < -0.4 is 0 Å². The topological polar surface area (TPSA) is 99.0 Å². The number of hydrogen-bond acceptors (Lipinski definition) is 5. The van der Waals surface area contributed by atoms with Crippen LogP contribution in [0.3, 0.4) is 0 Å². The highest BCUT2D eigenvalue weighted by molar-refractivity contribution is 5.97. The lowest BCUT2D eigenvalue weighted by Gasteiger charge is -2.29. The first-order chi connectivity index (χ1) is 13.8. The van der Waals surface area contributed by atoms with Crippen molar-refractivity contribution in [3.63, 3.8) is 0 Å². The van der Waals surface area contributed by atoms with E-state index in [1.54, 1.807) is 18.2 Å². The van der Waals surface area contributed by atoms with Crippen LogP contribution in [0.25, 0.3) is 33.9 Å². The number of fused-ring (bicyclic) bond motifs is 2. The van der Waals surface area contributed by atoms with Gasteiger partial charge < -0.3 is 9.63 Å². The summed E-state index contributed by atoms with van der Waals surface area (Å²) in [7, 11) is 1.95. The van der Waals surface area contributed by atoms with Crippen LogP contribution in [0.4, 0.5) is 4.79 Å². The van der Waals surface area contributed by atoms with E-state index in [-0.39, 0.29) is 5.41 Å². The minimum atomic E-state index is -1.03. The highest BCUT2D eigenvalue weighted by Gasteiger charge is 2.32. The molecule has 0 fully saturated rings. The number of carboxylic acid groups (broad SMARTS) is 1. The van der Waals surface area contributed by atoms with Crippen LogP contribution in [0.2, 0.25) is 0 Å². The molecule has 0 amide bonds. The predicted octanol–water partition coefficient (Wildman–Crippen LogP) is 4.13. The summed E-state index contributed by atoms with van der Waals surface area (Å²) in [4.78, 5) is 16.0. The van der Waals surface area contributed by atoms with Gasteiger partial charge in [0.2, 0.25) is 5.82 Å². The quantitative estimate of drug-likeness (QED) is 0.551. The maximum absolute atomic E-state index is 11.4. The second kappa shape index (κ2) is 6.04. The van der Waals surface area contributed by atoms with Gasteiger partial charge in [0.15, 0.2) is 5.69 Å². The number of nitrogens with zero attached hydrogens (tertiary/aromatic N) is 5. The molecule has 0 bridgehead atoms. The minimum absolute atomic E-state index is 0.255. The third-order valence-electron chi connectivity index (χ3n) is 5.78. The fraction of sp³-hybridized carbons (Fsp3) is 0.333. The van der Waals surface area contributed by atoms with Gasteiger partial charge in [-0.2, -0.15) is 10.1 Å². The molecule has 29 heavy (non-hydrogen) atoms. The van der Waals surface area contributed by atoms with Crippen molar-refractivity contribution < 1.29 is 14.4 Å². The Kier molecular flexibility index (Phi) is 3.68. The van der Waals surface area contributed by atoms with Gasteiger partial charge in [-0.3, -0.25) is 9.25 Å². The summed E-state index contributed by atoms with van der Waals surface area (Å²) in [6, 6.07) is 7.15. The number of aromatic nitrogens is 5. The molecule has 4 aromatic rings. The zero-order chi connectivity index (χ0) is 20.3. The highest BCUT2D eigenvalue weighted by atomic mass is 16.5. The lowest BCUT2D eigenvalue weighted by molar-refractivity contribution is 0.197. The standard InChI is InChI=1S/C21H21N5O3/c1-21(2)9-7-14-16(11-21)25(3)23-17(14)19-22-18(24-29-19)13-5-4-6-15-12(13)8-10-26(15)20(27)28/h4-6,8,10H,7,9,11H2,1-3H3,(H,27,28). The second-order valence-corrected chi connectivity index (χ2v) is 8.37. The third kappa shape index (κ3) is 2.74. The Hall–Kier alpha value is -3.42. The summed E-state index contributed by atoms with van der Waals surface area (Å²) in [5, 5.41) is 18.9. The van der Waals surface area contributed by atoms with Crippen LogP contribution in [-0.2, 0) is 19.9 Å². The summed E-state index contributed by atoms with van der Waals surface area (Å²) in [6.07, 6.45) is 3.47. The maximum atomic E-state index is 11.4. The normalized spacial score (nSPS) is 15.6. The average Bonchev–Trinajstić information content (AvgIpc) is 3.38. The van der Waals surface area contributed by atoms with Crippen molar-refractivity contribution in [1.82, 2.24) is 24.5 Å². The van der Waals surface area contributed by atoms with Crippen molar-refractivity contribution in [2.24, 2.45) is 12.5 Å². The molecule has 8 nitrogen and oxygen atoms in total. The predicted molar refractivity (Wildman–Crippen MR) is 107 cm³/mol. The molecule has 1 aliphatic carbocycles. The molecule has 0 aliphatic heterocycles. The molecule has 0 atom stereocenters. The first kappa shape index (κ1) is 17.7. The van der Waals surface area contributed by atoms with Crippen molar-refractivity contribution in [3.8, 4) is 23.0 Å². The Morgan fingerprint density at radius 3 is 2.90 bits per heavy atom. The fourth-order valence-corrected chi connectivity index (χ4v) is 4.22. The highest BCUT2D eigenvalue weighted by Crippen LogP contribution is 2.39. The van der Waals surface area contributed by atoms with Crippen LogP contribution in [0.5, 0.6) is 0 Å². The molecular weight excluding hydrogens is 370 g/mol. The fourth-order valence-electron chi connectivity index (χ4n) is 4.22. The molecule has 3 heterocycles. The van der Waals surface area contributed by atoms with Crippen molar-refractivity contribution in [1.29, 1.82) is 0 Å². The summed E-state index contributed by atoms with van der Waals surface area (Å²) < 4.78 is 8.68. The second-order valence-electron chi connectivity index (χ2n) is 8.37. The number of carbonyl (C=O) groups is 1. The SMILES string of the molecule is Cn1nc(-c2nc(-c3cccc4c3ccn4C(=O)O)no2)c2c1CC(C)(C)CC2. The molecule has 0 saturated heterocycles. The molecule has 0 radical (unpaired) electrons. The Morgan fingerprint density at radius 1 is 1.28 bits per heavy atom. The molecule has 0 unspecified atom stereocenters. The zero-order valence-corrected chi connectivity index (χ0v) is 16.5. The van der Waals surface area contributed by atoms with E-state index in [1.165, 1.54) is 22.0 Å². The van der Waals surface area contributed by atoms with Crippen molar-refractivity contribution in [2.45, 2.75) is 33.1 Å². The van der Waals surface area contributed by atoms with E-state index in [1.807, 2.05) is 17.8 Å². The Morgan fingerprint density at radius 2 is 2.10 bits per heavy atom. The Bertz CT molecular complexity index is 1260. The summed E-state index contributed by atoms with van der Waals surface area (Å²) >= 11 is 0. The maximum Gasteiger partial charge on any atom is 0.415 e. The molecule has 5 rings (SSSR count). The average molecular weight is 391 g/mol. The first-order valence-corrected chi connectivity index (χ1v) is 9.57. The van der Waals surface area contributed by atoms with Crippen LogP contribution in [-0.4, -0.2) is 35.7 Å². The van der Waals surface area contributed by atoms with E-state index in [2.05, 4.69) is 29.1 Å². The van der Waals surface area contributed by atoms with Crippen LogP contribution in [0.1, 0.15) is 31.5 Å². The van der Waals surface area contributed by atoms with Gasteiger partial charge in [0.1, 0.15) is 0 Å². The zero-order valence-electron chi connectivity index (χ0n) is 16.5. The number of aryl methyl sites for hydroxylation is 1. The van der Waals surface area contributed by atoms with E-state index in [0.717, 1.165) is 35.9 Å². The van der Waals surface area contributed by atoms with E-state index in [0.29, 0.717) is 17.2 Å². The van der Waals surface area contributed by atoms with Crippen molar-refractivity contribution in [2.75, 3.05) is 0 Å². The summed E-state index contributed by atoms with van der Waals surface area (Å²) in [6.45, 7) is 4.55. The lowest BCUT2D eigenvalue weighted by Crippen LogP contribution is -2.23. The van der Waals surface area contributed by atoms with Gasteiger partial charge in [-0.1, -0.05) is 31.1 Å². The number of hydrogen-bond donors (Lipinski definition) is 1. The lowest BCUT2D eigenvalue weighted by atomic mass is 9.76. The van der Waals surface area contributed by atoms with E-state index < -0.39 is 6.09 Å². The van der Waals surface area contributed by atoms with E-state index in [9.17, 15) is 9.90 Å². The molecule has 148 valence electrons. The molecule has 1 N–H and O–H groups in total. The van der Waals surface area contributed by atoms with Crippen LogP contribution in [0.15, 0.2) is 35.0 Å². The smallest absolute Gasteiger partial charge is 0.415 e. The first-order valence-electron chi connectivity index (χ1n) is 9.57. The molecule has 0 spiro atoms. The summed E-state index contributed by atoms with van der Waals surface area (Å²) in [5.74, 6) is 0.815. The van der Waals surface area contributed by atoms with Crippen molar-refractivity contribution in [3.05, 3.63) is 41.7 Å². The molecule has 0 saturated carbocycles. The molecule has 8 heteroatoms. The van der Waals surface area contributed by atoms with Gasteiger partial charge in [0, 0.05) is 35.5 Å². The van der Waals surface area contributed by atoms with E-state index >= 15 is 0 Å². The van der Waals surface area contributed by atoms with Gasteiger partial charge in [-0.15, -0.1) is 0 Å². The van der Waals surface area contributed by atoms with Crippen molar-refractivity contribution >= 4 is 17.0 Å². The van der Waals surface area contributed by atoms with Gasteiger partial charge in [-0.05, 0) is 36.8 Å². The Balaban J connectivity index is 1.58. The monoisotopic (exact) mass is 391 g/mol. The largest absolute Gasteiger partial charge is 0.464 e. The number of rotatable bonds is 2. The minimum Gasteiger partial charge on any atom is -0.464 e. The van der Waals surface area contributed by atoms with E-state index in [4.69, 9.17) is 4.52 Å².